The lowest BCUT2D eigenvalue weighted by Gasteiger charge is -2.30. The second kappa shape index (κ2) is 8.86. The Bertz CT molecular complexity index is 894. The highest BCUT2D eigenvalue weighted by molar-refractivity contribution is 5.58. The van der Waals surface area contributed by atoms with Crippen molar-refractivity contribution in [3.05, 3.63) is 100 Å². The fourth-order valence-corrected chi connectivity index (χ4v) is 4.53. The van der Waals surface area contributed by atoms with E-state index in [0.29, 0.717) is 0 Å². The molecule has 0 aliphatic rings. The van der Waals surface area contributed by atoms with Crippen LogP contribution in [0.4, 0.5) is 0 Å². The van der Waals surface area contributed by atoms with Crippen LogP contribution in [0.15, 0.2) is 66.7 Å². The van der Waals surface area contributed by atoms with Crippen LogP contribution in [0.5, 0.6) is 5.75 Å². The van der Waals surface area contributed by atoms with Crippen molar-refractivity contribution >= 4 is 0 Å². The number of methoxy groups -OCH3 is 1. The largest absolute Gasteiger partial charge is 0.496 e. The van der Waals surface area contributed by atoms with Gasteiger partial charge in [-0.3, -0.25) is 0 Å². The molecule has 0 unspecified atom stereocenters. The first-order chi connectivity index (χ1) is 13.9. The van der Waals surface area contributed by atoms with E-state index in [-0.39, 0.29) is 11.3 Å². The summed E-state index contributed by atoms with van der Waals surface area (Å²) in [6.07, 6.45) is 1.99. The summed E-state index contributed by atoms with van der Waals surface area (Å²) in [6.45, 7) is 11.5. The van der Waals surface area contributed by atoms with Crippen molar-refractivity contribution in [2.75, 3.05) is 7.11 Å². The Morgan fingerprint density at radius 1 is 0.759 bits per heavy atom. The lowest BCUT2D eigenvalue weighted by molar-refractivity contribution is 0.402. The van der Waals surface area contributed by atoms with Gasteiger partial charge in [-0.1, -0.05) is 101 Å². The fraction of sp³-hybridized carbons (Fsp3) is 0.357. The normalized spacial score (nSPS) is 11.7. The van der Waals surface area contributed by atoms with E-state index >= 15 is 0 Å². The molecule has 0 saturated carbocycles. The van der Waals surface area contributed by atoms with E-state index in [0.717, 1.165) is 18.6 Å². The molecule has 3 aromatic carbocycles. The quantitative estimate of drug-likeness (QED) is 0.404. The molecule has 0 aromatic heterocycles. The van der Waals surface area contributed by atoms with E-state index in [2.05, 4.69) is 101 Å². The van der Waals surface area contributed by atoms with Crippen LogP contribution in [0, 0.1) is 0 Å². The zero-order valence-corrected chi connectivity index (χ0v) is 18.8. The molecule has 3 rings (SSSR count). The zero-order valence-electron chi connectivity index (χ0n) is 18.8. The molecule has 0 atom stereocenters. The summed E-state index contributed by atoms with van der Waals surface area (Å²) < 4.78 is 6.10. The van der Waals surface area contributed by atoms with Crippen LogP contribution in [-0.4, -0.2) is 7.11 Å². The molecule has 29 heavy (non-hydrogen) atoms. The third-order valence-corrected chi connectivity index (χ3v) is 5.82. The van der Waals surface area contributed by atoms with Crippen LogP contribution >= 0.6 is 0 Å². The first-order valence-electron chi connectivity index (χ1n) is 10.7. The van der Waals surface area contributed by atoms with Crippen molar-refractivity contribution in [3.63, 3.8) is 0 Å². The number of hydrogen-bond donors (Lipinski definition) is 0. The summed E-state index contributed by atoms with van der Waals surface area (Å²) in [5, 5.41) is 0. The third-order valence-electron chi connectivity index (χ3n) is 5.82. The van der Waals surface area contributed by atoms with Crippen molar-refractivity contribution in [3.8, 4) is 5.75 Å². The Morgan fingerprint density at radius 3 is 1.62 bits per heavy atom. The van der Waals surface area contributed by atoms with Crippen molar-refractivity contribution < 1.29 is 4.74 Å². The van der Waals surface area contributed by atoms with E-state index < -0.39 is 0 Å². The second-order valence-corrected chi connectivity index (χ2v) is 8.72. The molecule has 0 aliphatic heterocycles. The molecular weight excluding hydrogens is 352 g/mol. The Hall–Kier alpha value is -2.54. The molecule has 0 amide bonds. The van der Waals surface area contributed by atoms with Gasteiger partial charge in [-0.25, -0.2) is 0 Å². The topological polar surface area (TPSA) is 9.23 Å². The van der Waals surface area contributed by atoms with Crippen molar-refractivity contribution in [2.45, 2.75) is 58.8 Å². The van der Waals surface area contributed by atoms with Crippen molar-refractivity contribution in [1.82, 2.24) is 0 Å². The van der Waals surface area contributed by atoms with Gasteiger partial charge in [0.15, 0.2) is 0 Å². The van der Waals surface area contributed by atoms with E-state index in [1.807, 2.05) is 7.11 Å². The van der Waals surface area contributed by atoms with Crippen molar-refractivity contribution in [1.29, 1.82) is 0 Å². The predicted molar refractivity (Wildman–Crippen MR) is 124 cm³/mol. The van der Waals surface area contributed by atoms with Gasteiger partial charge in [0.1, 0.15) is 5.75 Å². The zero-order chi connectivity index (χ0) is 21.0. The summed E-state index contributed by atoms with van der Waals surface area (Å²) >= 11 is 0. The fourth-order valence-electron chi connectivity index (χ4n) is 4.53. The Labute approximate surface area is 176 Å². The van der Waals surface area contributed by atoms with Gasteiger partial charge in [-0.05, 0) is 46.1 Å². The molecule has 1 heteroatoms. The summed E-state index contributed by atoms with van der Waals surface area (Å²) in [7, 11) is 1.82. The van der Waals surface area contributed by atoms with Gasteiger partial charge in [0, 0.05) is 11.5 Å². The van der Waals surface area contributed by atoms with E-state index in [9.17, 15) is 0 Å². The highest BCUT2D eigenvalue weighted by Crippen LogP contribution is 2.44. The molecule has 0 fully saturated rings. The van der Waals surface area contributed by atoms with Gasteiger partial charge in [-0.2, -0.15) is 0 Å². The molecule has 0 saturated heterocycles. The summed E-state index contributed by atoms with van der Waals surface area (Å²) in [4.78, 5) is 0. The van der Waals surface area contributed by atoms with Gasteiger partial charge in [0.05, 0.1) is 7.11 Å². The van der Waals surface area contributed by atoms with Crippen LogP contribution in [0.1, 0.15) is 73.9 Å². The van der Waals surface area contributed by atoms with Crippen LogP contribution < -0.4 is 4.74 Å². The Morgan fingerprint density at radius 2 is 1.24 bits per heavy atom. The standard InChI is InChI=1S/C28H34O/c1-7-22-23(8-2)27(29-6)24(19-25(22)28(3,4)5)26(20-15-11-9-12-16-20)21-17-13-10-14-18-21/h9-19,26H,7-8H2,1-6H3. The van der Waals surface area contributed by atoms with Gasteiger partial charge in [0.2, 0.25) is 0 Å². The molecular formula is C28H34O. The molecule has 0 N–H and O–H groups in total. The highest BCUT2D eigenvalue weighted by Gasteiger charge is 2.28. The summed E-state index contributed by atoms with van der Waals surface area (Å²) in [5.41, 5.74) is 8.17. The maximum absolute atomic E-state index is 6.10. The average molecular weight is 387 g/mol. The molecule has 0 radical (unpaired) electrons. The maximum Gasteiger partial charge on any atom is 0.126 e. The smallest absolute Gasteiger partial charge is 0.126 e. The van der Waals surface area contributed by atoms with Crippen LogP contribution in [0.2, 0.25) is 0 Å². The molecule has 0 bridgehead atoms. The molecule has 152 valence electrons. The van der Waals surface area contributed by atoms with Gasteiger partial charge in [-0.15, -0.1) is 0 Å². The molecule has 3 aromatic rings. The minimum atomic E-state index is 0.0776. The van der Waals surface area contributed by atoms with Gasteiger partial charge < -0.3 is 4.74 Å². The predicted octanol–water partition coefficient (Wildman–Crippen LogP) is 7.30. The third kappa shape index (κ3) is 4.24. The van der Waals surface area contributed by atoms with Gasteiger partial charge >= 0.3 is 0 Å². The summed E-state index contributed by atoms with van der Waals surface area (Å²) in [5.74, 6) is 1.19. The SMILES string of the molecule is CCc1c(C(C)(C)C)cc(C(c2ccccc2)c2ccccc2)c(OC)c1CC. The molecule has 0 aliphatic carbocycles. The van der Waals surface area contributed by atoms with Crippen molar-refractivity contribution in [2.24, 2.45) is 0 Å². The Kier molecular flexibility index (Phi) is 6.47. The summed E-state index contributed by atoms with van der Waals surface area (Å²) in [6, 6.07) is 24.0. The van der Waals surface area contributed by atoms with Gasteiger partial charge in [0.25, 0.3) is 0 Å². The van der Waals surface area contributed by atoms with Crippen LogP contribution in [0.25, 0.3) is 0 Å². The Balaban J connectivity index is 2.39. The number of ether oxygens (including phenoxy) is 1. The first kappa shape index (κ1) is 21.2. The number of rotatable bonds is 6. The second-order valence-electron chi connectivity index (χ2n) is 8.72. The lowest BCUT2D eigenvalue weighted by Crippen LogP contribution is -2.18. The monoisotopic (exact) mass is 386 g/mol. The van der Waals surface area contributed by atoms with Crippen LogP contribution in [-0.2, 0) is 18.3 Å². The highest BCUT2D eigenvalue weighted by atomic mass is 16.5. The minimum absolute atomic E-state index is 0.0776. The molecule has 1 nitrogen and oxygen atoms in total. The molecule has 0 spiro atoms. The van der Waals surface area contributed by atoms with E-state index in [4.69, 9.17) is 4.74 Å². The minimum Gasteiger partial charge on any atom is -0.496 e. The maximum atomic E-state index is 6.10. The van der Waals surface area contributed by atoms with E-state index in [1.54, 1.807) is 0 Å². The molecule has 0 heterocycles. The first-order valence-corrected chi connectivity index (χ1v) is 10.7. The lowest BCUT2D eigenvalue weighted by atomic mass is 9.75. The van der Waals surface area contributed by atoms with E-state index in [1.165, 1.54) is 33.4 Å². The number of hydrogen-bond acceptors (Lipinski definition) is 1. The average Bonchev–Trinajstić information content (AvgIpc) is 2.73. The number of benzene rings is 3. The van der Waals surface area contributed by atoms with Crippen LogP contribution in [0.3, 0.4) is 0 Å².